The van der Waals surface area contributed by atoms with Crippen molar-refractivity contribution >= 4 is 6.03 Å². The van der Waals surface area contributed by atoms with Gasteiger partial charge < -0.3 is 20.5 Å². The van der Waals surface area contributed by atoms with Crippen molar-refractivity contribution in [2.45, 2.75) is 50.8 Å². The Labute approximate surface area is 133 Å². The van der Waals surface area contributed by atoms with E-state index < -0.39 is 18.2 Å². The minimum Gasteiger partial charge on any atom is -0.417 e. The SMILES string of the molecule is O=C(NCc1ccnc(OC(F)F)c1)NC1(CO)CCCCC1. The summed E-state index contributed by atoms with van der Waals surface area (Å²) in [5.41, 5.74) is 0.0253. The van der Waals surface area contributed by atoms with E-state index in [0.717, 1.165) is 32.1 Å². The molecule has 6 nitrogen and oxygen atoms in total. The molecule has 1 aliphatic carbocycles. The molecular weight excluding hydrogens is 308 g/mol. The molecule has 1 saturated carbocycles. The van der Waals surface area contributed by atoms with Crippen molar-refractivity contribution in [2.75, 3.05) is 6.61 Å². The quantitative estimate of drug-likeness (QED) is 0.747. The predicted octanol–water partition coefficient (Wildman–Crippen LogP) is 2.18. The number of nitrogens with one attached hydrogen (secondary N) is 2. The normalized spacial score (nSPS) is 16.9. The molecule has 1 aromatic heterocycles. The number of alkyl halides is 2. The van der Waals surface area contributed by atoms with Crippen molar-refractivity contribution < 1.29 is 23.4 Å². The van der Waals surface area contributed by atoms with Gasteiger partial charge in [-0.05, 0) is 24.5 Å². The number of hydrogen-bond donors (Lipinski definition) is 3. The van der Waals surface area contributed by atoms with E-state index in [1.807, 2.05) is 0 Å². The van der Waals surface area contributed by atoms with Gasteiger partial charge in [-0.15, -0.1) is 0 Å². The number of halogens is 2. The molecule has 1 aliphatic rings. The third-order valence-electron chi connectivity index (χ3n) is 3.95. The fourth-order valence-corrected chi connectivity index (χ4v) is 2.73. The van der Waals surface area contributed by atoms with Crippen molar-refractivity contribution in [1.82, 2.24) is 15.6 Å². The van der Waals surface area contributed by atoms with E-state index in [1.54, 1.807) is 6.07 Å². The summed E-state index contributed by atoms with van der Waals surface area (Å²) < 4.78 is 28.5. The Balaban J connectivity index is 1.86. The van der Waals surface area contributed by atoms with Gasteiger partial charge in [0.25, 0.3) is 0 Å². The van der Waals surface area contributed by atoms with E-state index in [1.165, 1.54) is 12.3 Å². The van der Waals surface area contributed by atoms with Crippen LogP contribution in [-0.4, -0.2) is 34.9 Å². The highest BCUT2D eigenvalue weighted by Gasteiger charge is 2.32. The number of ether oxygens (including phenoxy) is 1. The van der Waals surface area contributed by atoms with Gasteiger partial charge in [0, 0.05) is 18.8 Å². The number of aliphatic hydroxyl groups is 1. The molecule has 0 saturated heterocycles. The molecule has 0 atom stereocenters. The molecule has 0 bridgehead atoms. The standard InChI is InChI=1S/C15H21F2N3O3/c16-13(17)23-12-8-11(4-7-18-12)9-19-14(22)20-15(10-21)5-2-1-3-6-15/h4,7-8,13,21H,1-3,5-6,9-10H2,(H2,19,20,22). The fourth-order valence-electron chi connectivity index (χ4n) is 2.73. The van der Waals surface area contributed by atoms with E-state index in [-0.39, 0.29) is 19.0 Å². The average molecular weight is 329 g/mol. The van der Waals surface area contributed by atoms with E-state index in [2.05, 4.69) is 20.4 Å². The largest absolute Gasteiger partial charge is 0.417 e. The smallest absolute Gasteiger partial charge is 0.388 e. The summed E-state index contributed by atoms with van der Waals surface area (Å²) in [5, 5.41) is 15.0. The van der Waals surface area contributed by atoms with Crippen LogP contribution in [0.25, 0.3) is 0 Å². The first-order valence-corrected chi connectivity index (χ1v) is 7.60. The molecule has 0 spiro atoms. The van der Waals surface area contributed by atoms with Crippen molar-refractivity contribution in [3.05, 3.63) is 23.9 Å². The Morgan fingerprint density at radius 2 is 2.13 bits per heavy atom. The van der Waals surface area contributed by atoms with Crippen LogP contribution in [0.1, 0.15) is 37.7 Å². The number of amides is 2. The molecule has 0 aromatic carbocycles. The van der Waals surface area contributed by atoms with Crippen LogP contribution in [0.3, 0.4) is 0 Å². The van der Waals surface area contributed by atoms with Crippen LogP contribution in [-0.2, 0) is 6.54 Å². The molecule has 8 heteroatoms. The Morgan fingerprint density at radius 3 is 2.78 bits per heavy atom. The second-order valence-electron chi connectivity index (χ2n) is 5.69. The van der Waals surface area contributed by atoms with E-state index in [0.29, 0.717) is 5.56 Å². The maximum absolute atomic E-state index is 12.1. The molecule has 2 rings (SSSR count). The number of carbonyl (C=O) groups excluding carboxylic acids is 1. The lowest BCUT2D eigenvalue weighted by Crippen LogP contribution is -2.55. The average Bonchev–Trinajstić information content (AvgIpc) is 2.53. The first-order chi connectivity index (χ1) is 11.0. The highest BCUT2D eigenvalue weighted by Crippen LogP contribution is 2.27. The summed E-state index contributed by atoms with van der Waals surface area (Å²) in [6.07, 6.45) is 5.88. The molecule has 1 heterocycles. The molecule has 2 amide bonds. The third kappa shape index (κ3) is 5.31. The molecule has 0 unspecified atom stereocenters. The van der Waals surface area contributed by atoms with Crippen molar-refractivity contribution in [3.8, 4) is 5.88 Å². The van der Waals surface area contributed by atoms with Crippen molar-refractivity contribution in [3.63, 3.8) is 0 Å². The van der Waals surface area contributed by atoms with Crippen molar-refractivity contribution in [2.24, 2.45) is 0 Å². The van der Waals surface area contributed by atoms with Crippen LogP contribution in [0.5, 0.6) is 5.88 Å². The van der Waals surface area contributed by atoms with Crippen LogP contribution >= 0.6 is 0 Å². The molecule has 0 aliphatic heterocycles. The lowest BCUT2D eigenvalue weighted by atomic mass is 9.82. The number of rotatable bonds is 6. The molecular formula is C15H21F2N3O3. The van der Waals surface area contributed by atoms with E-state index >= 15 is 0 Å². The zero-order chi connectivity index (χ0) is 16.7. The van der Waals surface area contributed by atoms with Crippen LogP contribution in [0.2, 0.25) is 0 Å². The fraction of sp³-hybridized carbons (Fsp3) is 0.600. The van der Waals surface area contributed by atoms with E-state index in [9.17, 15) is 18.7 Å². The minimum atomic E-state index is -2.94. The monoisotopic (exact) mass is 329 g/mol. The van der Waals surface area contributed by atoms with Gasteiger partial charge in [-0.2, -0.15) is 8.78 Å². The van der Waals surface area contributed by atoms with Gasteiger partial charge in [0.1, 0.15) is 0 Å². The van der Waals surface area contributed by atoms with Crippen molar-refractivity contribution in [1.29, 1.82) is 0 Å². The summed E-state index contributed by atoms with van der Waals surface area (Å²) in [5.74, 6) is -0.196. The maximum atomic E-state index is 12.1. The number of pyridine rings is 1. The van der Waals surface area contributed by atoms with Crippen LogP contribution in [0, 0.1) is 0 Å². The van der Waals surface area contributed by atoms with Crippen LogP contribution in [0.4, 0.5) is 13.6 Å². The summed E-state index contributed by atoms with van der Waals surface area (Å²) in [4.78, 5) is 15.7. The zero-order valence-electron chi connectivity index (χ0n) is 12.7. The number of hydrogen-bond acceptors (Lipinski definition) is 4. The Morgan fingerprint density at radius 1 is 1.39 bits per heavy atom. The molecule has 0 radical (unpaired) electrons. The zero-order valence-corrected chi connectivity index (χ0v) is 12.7. The lowest BCUT2D eigenvalue weighted by Gasteiger charge is -2.36. The second-order valence-corrected chi connectivity index (χ2v) is 5.69. The highest BCUT2D eigenvalue weighted by atomic mass is 19.3. The van der Waals surface area contributed by atoms with Crippen LogP contribution in [0.15, 0.2) is 18.3 Å². The molecule has 23 heavy (non-hydrogen) atoms. The highest BCUT2D eigenvalue weighted by molar-refractivity contribution is 5.74. The van der Waals surface area contributed by atoms with Gasteiger partial charge in [-0.25, -0.2) is 9.78 Å². The molecule has 1 aromatic rings. The number of nitrogens with zero attached hydrogens (tertiary/aromatic N) is 1. The Hall–Kier alpha value is -1.96. The number of aromatic nitrogens is 1. The maximum Gasteiger partial charge on any atom is 0.388 e. The number of aliphatic hydroxyl groups excluding tert-OH is 1. The summed E-state index contributed by atoms with van der Waals surface area (Å²) in [7, 11) is 0. The third-order valence-corrected chi connectivity index (χ3v) is 3.95. The van der Waals surface area contributed by atoms with Gasteiger partial charge in [-0.3, -0.25) is 0 Å². The molecule has 3 N–H and O–H groups in total. The topological polar surface area (TPSA) is 83.5 Å². The van der Waals surface area contributed by atoms with Gasteiger partial charge in [0.05, 0.1) is 12.1 Å². The molecule has 1 fully saturated rings. The Bertz CT molecular complexity index is 522. The Kier molecular flexibility index (Phi) is 6.09. The van der Waals surface area contributed by atoms with Crippen LogP contribution < -0.4 is 15.4 Å². The minimum absolute atomic E-state index is 0.0952. The second kappa shape index (κ2) is 8.05. The summed E-state index contributed by atoms with van der Waals surface area (Å²) >= 11 is 0. The van der Waals surface area contributed by atoms with E-state index in [4.69, 9.17) is 0 Å². The van der Waals surface area contributed by atoms with Gasteiger partial charge >= 0.3 is 12.6 Å². The summed E-state index contributed by atoms with van der Waals surface area (Å²) in [6, 6.07) is 2.55. The van der Waals surface area contributed by atoms with Gasteiger partial charge in [-0.1, -0.05) is 19.3 Å². The molecule has 128 valence electrons. The predicted molar refractivity (Wildman–Crippen MR) is 79.1 cm³/mol. The number of urea groups is 1. The van der Waals surface area contributed by atoms with Gasteiger partial charge in [0.15, 0.2) is 0 Å². The summed E-state index contributed by atoms with van der Waals surface area (Å²) in [6.45, 7) is -2.89. The first-order valence-electron chi connectivity index (χ1n) is 7.60. The first kappa shape index (κ1) is 17.4. The van der Waals surface area contributed by atoms with Gasteiger partial charge in [0.2, 0.25) is 5.88 Å². The number of carbonyl (C=O) groups is 1. The lowest BCUT2D eigenvalue weighted by molar-refractivity contribution is -0.0529.